The van der Waals surface area contributed by atoms with Crippen molar-refractivity contribution < 1.29 is 4.74 Å². The zero-order chi connectivity index (χ0) is 10.1. The molecule has 1 aromatic heterocycles. The van der Waals surface area contributed by atoms with E-state index in [2.05, 4.69) is 34.6 Å². The van der Waals surface area contributed by atoms with Gasteiger partial charge < -0.3 is 15.0 Å². The summed E-state index contributed by atoms with van der Waals surface area (Å²) in [5.41, 5.74) is 2.52. The van der Waals surface area contributed by atoms with Crippen LogP contribution in [0.5, 0.6) is 0 Å². The second kappa shape index (κ2) is 3.68. The summed E-state index contributed by atoms with van der Waals surface area (Å²) in [5, 5.41) is 4.77. The monoisotopic (exact) mass is 202 g/mol. The molecule has 0 amide bonds. The van der Waals surface area contributed by atoms with E-state index in [1.807, 2.05) is 6.20 Å². The molecule has 0 radical (unpaired) electrons. The van der Waals surface area contributed by atoms with Gasteiger partial charge in [-0.05, 0) is 17.7 Å². The molecule has 1 aliphatic rings. The van der Waals surface area contributed by atoms with Crippen molar-refractivity contribution in [3.63, 3.8) is 0 Å². The molecule has 1 aliphatic heterocycles. The molecule has 78 valence electrons. The van der Waals surface area contributed by atoms with Gasteiger partial charge in [-0.15, -0.1) is 0 Å². The van der Waals surface area contributed by atoms with Gasteiger partial charge in [0.25, 0.3) is 0 Å². The van der Waals surface area contributed by atoms with Crippen LogP contribution in [0.25, 0.3) is 10.9 Å². The van der Waals surface area contributed by atoms with E-state index in [-0.39, 0.29) is 0 Å². The van der Waals surface area contributed by atoms with Gasteiger partial charge in [0.15, 0.2) is 0 Å². The first kappa shape index (κ1) is 8.95. The van der Waals surface area contributed by atoms with Gasteiger partial charge in [-0.1, -0.05) is 12.1 Å². The predicted molar refractivity (Wildman–Crippen MR) is 59.9 cm³/mol. The van der Waals surface area contributed by atoms with Crippen LogP contribution < -0.4 is 5.32 Å². The fourth-order valence-electron chi connectivity index (χ4n) is 2.18. The summed E-state index contributed by atoms with van der Waals surface area (Å²) < 4.78 is 5.49. The normalized spacial score (nSPS) is 22.0. The highest BCUT2D eigenvalue weighted by Crippen LogP contribution is 2.24. The van der Waals surface area contributed by atoms with Crippen LogP contribution in [0, 0.1) is 0 Å². The number of rotatable bonds is 1. The first-order valence-electron chi connectivity index (χ1n) is 5.32. The zero-order valence-corrected chi connectivity index (χ0v) is 8.49. The highest BCUT2D eigenvalue weighted by Gasteiger charge is 2.17. The van der Waals surface area contributed by atoms with Gasteiger partial charge in [-0.2, -0.15) is 0 Å². The summed E-state index contributed by atoms with van der Waals surface area (Å²) in [5.74, 6) is 0. The van der Waals surface area contributed by atoms with Crippen molar-refractivity contribution in [3.05, 3.63) is 36.0 Å². The number of ether oxygens (including phenoxy) is 1. The number of fused-ring (bicyclic) bond motifs is 1. The van der Waals surface area contributed by atoms with E-state index in [1.165, 1.54) is 16.5 Å². The van der Waals surface area contributed by atoms with E-state index < -0.39 is 0 Å². The molecule has 1 atom stereocenters. The molecule has 1 fully saturated rings. The van der Waals surface area contributed by atoms with E-state index in [0.29, 0.717) is 6.04 Å². The molecule has 0 aliphatic carbocycles. The summed E-state index contributed by atoms with van der Waals surface area (Å²) in [7, 11) is 0. The molecule has 3 nitrogen and oxygen atoms in total. The Morgan fingerprint density at radius 2 is 2.27 bits per heavy atom. The SMILES string of the molecule is c1cc([C@H]2COCCN2)c2cc[nH]c2c1. The molecule has 0 bridgehead atoms. The number of aromatic nitrogens is 1. The summed E-state index contributed by atoms with van der Waals surface area (Å²) in [6, 6.07) is 8.81. The lowest BCUT2D eigenvalue weighted by atomic mass is 10.0. The summed E-state index contributed by atoms with van der Waals surface area (Å²) in [4.78, 5) is 3.23. The molecule has 15 heavy (non-hydrogen) atoms. The Bertz CT molecular complexity index is 457. The second-order valence-corrected chi connectivity index (χ2v) is 3.87. The third-order valence-corrected chi connectivity index (χ3v) is 2.93. The summed E-state index contributed by atoms with van der Waals surface area (Å²) in [6.45, 7) is 2.52. The minimum Gasteiger partial charge on any atom is -0.378 e. The molecule has 2 heterocycles. The van der Waals surface area contributed by atoms with E-state index in [4.69, 9.17) is 4.74 Å². The van der Waals surface area contributed by atoms with Crippen LogP contribution in [0.15, 0.2) is 30.5 Å². The highest BCUT2D eigenvalue weighted by molar-refractivity contribution is 5.83. The molecule has 1 aromatic carbocycles. The van der Waals surface area contributed by atoms with Gasteiger partial charge in [0.2, 0.25) is 0 Å². The fraction of sp³-hybridized carbons (Fsp3) is 0.333. The first-order chi connectivity index (χ1) is 7.45. The van der Waals surface area contributed by atoms with Gasteiger partial charge in [0, 0.05) is 23.6 Å². The number of hydrogen-bond donors (Lipinski definition) is 2. The lowest BCUT2D eigenvalue weighted by molar-refractivity contribution is 0.0773. The minimum absolute atomic E-state index is 0.332. The van der Waals surface area contributed by atoms with Gasteiger partial charge in [-0.3, -0.25) is 0 Å². The molecular formula is C12H14N2O. The summed E-state index contributed by atoms with van der Waals surface area (Å²) in [6.07, 6.45) is 1.98. The van der Waals surface area contributed by atoms with Crippen LogP contribution in [0.3, 0.4) is 0 Å². The number of nitrogens with one attached hydrogen (secondary N) is 2. The smallest absolute Gasteiger partial charge is 0.0662 e. The van der Waals surface area contributed by atoms with E-state index in [1.54, 1.807) is 0 Å². The van der Waals surface area contributed by atoms with Crippen molar-refractivity contribution in [3.8, 4) is 0 Å². The molecular weight excluding hydrogens is 188 g/mol. The Hall–Kier alpha value is -1.32. The van der Waals surface area contributed by atoms with Gasteiger partial charge in [0.05, 0.1) is 19.3 Å². The quantitative estimate of drug-likeness (QED) is 0.740. The van der Waals surface area contributed by atoms with Crippen molar-refractivity contribution in [2.24, 2.45) is 0 Å². The average Bonchev–Trinajstić information content (AvgIpc) is 2.78. The summed E-state index contributed by atoms with van der Waals surface area (Å²) >= 11 is 0. The maximum absolute atomic E-state index is 5.49. The first-order valence-corrected chi connectivity index (χ1v) is 5.32. The van der Waals surface area contributed by atoms with Crippen LogP contribution in [-0.4, -0.2) is 24.7 Å². The van der Waals surface area contributed by atoms with Crippen LogP contribution in [-0.2, 0) is 4.74 Å². The molecule has 2 N–H and O–H groups in total. The van der Waals surface area contributed by atoms with E-state index >= 15 is 0 Å². The number of aromatic amines is 1. The number of H-pyrrole nitrogens is 1. The second-order valence-electron chi connectivity index (χ2n) is 3.87. The van der Waals surface area contributed by atoms with Crippen molar-refractivity contribution in [2.45, 2.75) is 6.04 Å². The largest absolute Gasteiger partial charge is 0.378 e. The third kappa shape index (κ3) is 1.54. The van der Waals surface area contributed by atoms with Crippen molar-refractivity contribution in [1.82, 2.24) is 10.3 Å². The highest BCUT2D eigenvalue weighted by atomic mass is 16.5. The van der Waals surface area contributed by atoms with Crippen LogP contribution in [0.4, 0.5) is 0 Å². The Labute approximate surface area is 88.4 Å². The Morgan fingerprint density at radius 1 is 1.27 bits per heavy atom. The maximum atomic E-state index is 5.49. The lowest BCUT2D eigenvalue weighted by Gasteiger charge is -2.24. The molecule has 3 rings (SSSR count). The van der Waals surface area contributed by atoms with Crippen molar-refractivity contribution in [2.75, 3.05) is 19.8 Å². The molecule has 0 unspecified atom stereocenters. The van der Waals surface area contributed by atoms with Crippen LogP contribution in [0.2, 0.25) is 0 Å². The third-order valence-electron chi connectivity index (χ3n) is 2.93. The molecule has 1 saturated heterocycles. The Kier molecular flexibility index (Phi) is 2.19. The molecule has 0 saturated carbocycles. The van der Waals surface area contributed by atoms with Gasteiger partial charge in [-0.25, -0.2) is 0 Å². The number of hydrogen-bond acceptors (Lipinski definition) is 2. The number of morpholine rings is 1. The minimum atomic E-state index is 0.332. The molecule has 2 aromatic rings. The van der Waals surface area contributed by atoms with Gasteiger partial charge in [0.1, 0.15) is 0 Å². The molecule has 3 heteroatoms. The maximum Gasteiger partial charge on any atom is 0.0662 e. The van der Waals surface area contributed by atoms with Crippen LogP contribution in [0.1, 0.15) is 11.6 Å². The Balaban J connectivity index is 2.05. The average molecular weight is 202 g/mol. The molecule has 0 spiro atoms. The predicted octanol–water partition coefficient (Wildman–Crippen LogP) is 1.83. The van der Waals surface area contributed by atoms with Crippen molar-refractivity contribution in [1.29, 1.82) is 0 Å². The zero-order valence-electron chi connectivity index (χ0n) is 8.49. The Morgan fingerprint density at radius 3 is 3.13 bits per heavy atom. The van der Waals surface area contributed by atoms with Gasteiger partial charge >= 0.3 is 0 Å². The topological polar surface area (TPSA) is 37.0 Å². The van der Waals surface area contributed by atoms with E-state index in [0.717, 1.165) is 19.8 Å². The standard InChI is InChI=1S/C12H14N2O/c1-2-9(12-8-15-7-6-14-12)10-4-5-13-11(10)3-1/h1-5,12-14H,6-8H2/t12-/m1/s1. The fourth-order valence-corrected chi connectivity index (χ4v) is 2.18. The lowest BCUT2D eigenvalue weighted by Crippen LogP contribution is -2.34. The van der Waals surface area contributed by atoms with Crippen molar-refractivity contribution >= 4 is 10.9 Å². The number of benzene rings is 1. The van der Waals surface area contributed by atoms with E-state index in [9.17, 15) is 0 Å². The van der Waals surface area contributed by atoms with Crippen LogP contribution >= 0.6 is 0 Å².